The standard InChI is InChI=1S/C8H10N2O/c1-6-3-9-4-7(2)8(6)10-5-11/h3-5H,1-2H3,(H,9,10,11). The molecule has 1 heterocycles. The van der Waals surface area contributed by atoms with Gasteiger partial charge in [0.15, 0.2) is 0 Å². The van der Waals surface area contributed by atoms with Crippen molar-refractivity contribution in [3.63, 3.8) is 0 Å². The van der Waals surface area contributed by atoms with Gasteiger partial charge in [-0.05, 0) is 25.0 Å². The molecule has 0 aliphatic carbocycles. The van der Waals surface area contributed by atoms with Crippen molar-refractivity contribution in [2.45, 2.75) is 13.8 Å². The molecule has 0 aliphatic heterocycles. The average molecular weight is 150 g/mol. The summed E-state index contributed by atoms with van der Waals surface area (Å²) in [7, 11) is 0. The number of hydrogen-bond donors (Lipinski definition) is 1. The second kappa shape index (κ2) is 3.14. The van der Waals surface area contributed by atoms with Crippen molar-refractivity contribution < 1.29 is 4.79 Å². The molecule has 1 aromatic rings. The van der Waals surface area contributed by atoms with E-state index in [0.29, 0.717) is 6.41 Å². The van der Waals surface area contributed by atoms with Crippen LogP contribution in [0.25, 0.3) is 0 Å². The number of nitrogens with zero attached hydrogens (tertiary/aromatic N) is 1. The largest absolute Gasteiger partial charge is 0.328 e. The molecule has 0 aliphatic rings. The van der Waals surface area contributed by atoms with Gasteiger partial charge in [0, 0.05) is 18.1 Å². The summed E-state index contributed by atoms with van der Waals surface area (Å²) in [5.41, 5.74) is 2.82. The van der Waals surface area contributed by atoms with Gasteiger partial charge in [0.2, 0.25) is 6.41 Å². The minimum Gasteiger partial charge on any atom is -0.328 e. The normalized spacial score (nSPS) is 9.27. The fourth-order valence-electron chi connectivity index (χ4n) is 0.988. The second-order valence-corrected chi connectivity index (χ2v) is 2.41. The summed E-state index contributed by atoms with van der Waals surface area (Å²) in [4.78, 5) is 14.1. The van der Waals surface area contributed by atoms with Gasteiger partial charge in [-0.2, -0.15) is 0 Å². The number of rotatable bonds is 2. The van der Waals surface area contributed by atoms with Crippen LogP contribution >= 0.6 is 0 Å². The molecule has 1 N–H and O–H groups in total. The lowest BCUT2D eigenvalue weighted by Crippen LogP contribution is -1.99. The summed E-state index contributed by atoms with van der Waals surface area (Å²) in [5.74, 6) is 0. The topological polar surface area (TPSA) is 42.0 Å². The molecule has 0 fully saturated rings. The Labute approximate surface area is 65.5 Å². The van der Waals surface area contributed by atoms with Gasteiger partial charge in [0.1, 0.15) is 0 Å². The third-order valence-corrected chi connectivity index (χ3v) is 1.53. The highest BCUT2D eigenvalue weighted by Gasteiger charge is 1.99. The van der Waals surface area contributed by atoms with Crippen LogP contribution in [-0.2, 0) is 4.79 Å². The summed E-state index contributed by atoms with van der Waals surface area (Å²) >= 11 is 0. The third kappa shape index (κ3) is 1.55. The van der Waals surface area contributed by atoms with Crippen LogP contribution in [-0.4, -0.2) is 11.4 Å². The zero-order valence-corrected chi connectivity index (χ0v) is 6.59. The average Bonchev–Trinajstić information content (AvgIpc) is 1.97. The molecule has 58 valence electrons. The summed E-state index contributed by atoms with van der Waals surface area (Å²) in [6, 6.07) is 0. The second-order valence-electron chi connectivity index (χ2n) is 2.41. The first kappa shape index (κ1) is 7.72. The van der Waals surface area contributed by atoms with Crippen molar-refractivity contribution in [1.29, 1.82) is 0 Å². The quantitative estimate of drug-likeness (QED) is 0.645. The van der Waals surface area contributed by atoms with Gasteiger partial charge in [-0.15, -0.1) is 0 Å². The summed E-state index contributed by atoms with van der Waals surface area (Å²) in [5, 5.41) is 2.62. The molecule has 1 rings (SSSR count). The molecular formula is C8H10N2O. The highest BCUT2D eigenvalue weighted by molar-refractivity contribution is 5.74. The van der Waals surface area contributed by atoms with E-state index in [9.17, 15) is 4.79 Å². The number of amides is 1. The van der Waals surface area contributed by atoms with E-state index in [-0.39, 0.29) is 0 Å². The van der Waals surface area contributed by atoms with E-state index in [1.807, 2.05) is 13.8 Å². The zero-order valence-electron chi connectivity index (χ0n) is 6.59. The van der Waals surface area contributed by atoms with E-state index in [1.54, 1.807) is 12.4 Å². The smallest absolute Gasteiger partial charge is 0.211 e. The van der Waals surface area contributed by atoms with Crippen LogP contribution in [0.4, 0.5) is 5.69 Å². The van der Waals surface area contributed by atoms with Crippen LogP contribution in [0.5, 0.6) is 0 Å². The lowest BCUT2D eigenvalue weighted by Gasteiger charge is -2.05. The van der Waals surface area contributed by atoms with E-state index in [0.717, 1.165) is 16.8 Å². The number of carbonyl (C=O) groups excluding carboxylic acids is 1. The Hall–Kier alpha value is -1.38. The Morgan fingerprint density at radius 2 is 1.91 bits per heavy atom. The monoisotopic (exact) mass is 150 g/mol. The van der Waals surface area contributed by atoms with Gasteiger partial charge in [0.05, 0.1) is 0 Å². The molecule has 0 unspecified atom stereocenters. The van der Waals surface area contributed by atoms with Gasteiger partial charge >= 0.3 is 0 Å². The minimum absolute atomic E-state index is 0.676. The predicted octanol–water partition coefficient (Wildman–Crippen LogP) is 1.27. The molecule has 0 aromatic carbocycles. The van der Waals surface area contributed by atoms with Crippen LogP contribution in [0.2, 0.25) is 0 Å². The van der Waals surface area contributed by atoms with E-state index < -0.39 is 0 Å². The Kier molecular flexibility index (Phi) is 2.21. The molecule has 3 heteroatoms. The Balaban J connectivity index is 3.09. The zero-order chi connectivity index (χ0) is 8.27. The number of nitrogens with one attached hydrogen (secondary N) is 1. The fraction of sp³-hybridized carbons (Fsp3) is 0.250. The molecule has 0 atom stereocenters. The maximum Gasteiger partial charge on any atom is 0.211 e. The number of hydrogen-bond acceptors (Lipinski definition) is 2. The molecular weight excluding hydrogens is 140 g/mol. The lowest BCUT2D eigenvalue weighted by atomic mass is 10.2. The number of carbonyl (C=O) groups is 1. The minimum atomic E-state index is 0.676. The molecule has 3 nitrogen and oxygen atoms in total. The summed E-state index contributed by atoms with van der Waals surface area (Å²) < 4.78 is 0. The van der Waals surface area contributed by atoms with Gasteiger partial charge in [-0.25, -0.2) is 0 Å². The van der Waals surface area contributed by atoms with Crippen LogP contribution in [0.3, 0.4) is 0 Å². The number of aryl methyl sites for hydroxylation is 2. The van der Waals surface area contributed by atoms with Gasteiger partial charge in [-0.1, -0.05) is 0 Å². The Morgan fingerprint density at radius 1 is 1.36 bits per heavy atom. The fourth-order valence-corrected chi connectivity index (χ4v) is 0.988. The maximum absolute atomic E-state index is 10.1. The molecule has 1 amide bonds. The molecule has 0 radical (unpaired) electrons. The molecule has 0 spiro atoms. The van der Waals surface area contributed by atoms with Crippen molar-refractivity contribution in [2.24, 2.45) is 0 Å². The molecule has 1 aromatic heterocycles. The first-order chi connectivity index (χ1) is 5.25. The van der Waals surface area contributed by atoms with Gasteiger partial charge in [0.25, 0.3) is 0 Å². The van der Waals surface area contributed by atoms with Crippen molar-refractivity contribution in [3.8, 4) is 0 Å². The van der Waals surface area contributed by atoms with Crippen LogP contribution < -0.4 is 5.32 Å². The van der Waals surface area contributed by atoms with Crippen molar-refractivity contribution in [3.05, 3.63) is 23.5 Å². The van der Waals surface area contributed by atoms with Crippen LogP contribution in [0, 0.1) is 13.8 Å². The van der Waals surface area contributed by atoms with Gasteiger partial charge < -0.3 is 5.32 Å². The highest BCUT2D eigenvalue weighted by atomic mass is 16.1. The predicted molar refractivity (Wildman–Crippen MR) is 43.4 cm³/mol. The van der Waals surface area contributed by atoms with E-state index >= 15 is 0 Å². The number of aromatic nitrogens is 1. The molecule has 11 heavy (non-hydrogen) atoms. The number of anilines is 1. The number of pyridine rings is 1. The molecule has 0 saturated carbocycles. The molecule has 0 bridgehead atoms. The molecule has 0 saturated heterocycles. The van der Waals surface area contributed by atoms with Gasteiger partial charge in [-0.3, -0.25) is 9.78 Å². The summed E-state index contributed by atoms with van der Waals surface area (Å²) in [6.07, 6.45) is 4.12. The van der Waals surface area contributed by atoms with Crippen LogP contribution in [0.1, 0.15) is 11.1 Å². The van der Waals surface area contributed by atoms with Crippen molar-refractivity contribution in [2.75, 3.05) is 5.32 Å². The van der Waals surface area contributed by atoms with Crippen LogP contribution in [0.15, 0.2) is 12.4 Å². The van der Waals surface area contributed by atoms with Crippen molar-refractivity contribution >= 4 is 12.1 Å². The first-order valence-electron chi connectivity index (χ1n) is 3.37. The van der Waals surface area contributed by atoms with E-state index in [2.05, 4.69) is 10.3 Å². The first-order valence-corrected chi connectivity index (χ1v) is 3.37. The van der Waals surface area contributed by atoms with E-state index in [1.165, 1.54) is 0 Å². The Morgan fingerprint density at radius 3 is 2.36 bits per heavy atom. The highest BCUT2D eigenvalue weighted by Crippen LogP contribution is 2.16. The third-order valence-electron chi connectivity index (χ3n) is 1.53. The summed E-state index contributed by atoms with van der Waals surface area (Å²) in [6.45, 7) is 3.82. The maximum atomic E-state index is 10.1. The lowest BCUT2D eigenvalue weighted by molar-refractivity contribution is -0.105. The SMILES string of the molecule is Cc1cncc(C)c1NC=O. The Bertz CT molecular complexity index is 251. The van der Waals surface area contributed by atoms with Crippen molar-refractivity contribution in [1.82, 2.24) is 4.98 Å². The van der Waals surface area contributed by atoms with E-state index in [4.69, 9.17) is 0 Å².